The molecule has 2 aromatic carbocycles. The van der Waals surface area contributed by atoms with Gasteiger partial charge < -0.3 is 24.8 Å². The number of hydrogen-bond acceptors (Lipinski definition) is 9. The van der Waals surface area contributed by atoms with Gasteiger partial charge in [0.15, 0.2) is 17.3 Å². The van der Waals surface area contributed by atoms with E-state index >= 15 is 4.39 Å². The third kappa shape index (κ3) is 5.78. The number of hydrogen-bond donors (Lipinski definition) is 2. The lowest BCUT2D eigenvalue weighted by atomic mass is 9.92. The van der Waals surface area contributed by atoms with Gasteiger partial charge in [0.05, 0.1) is 25.7 Å². The number of aliphatic hydroxyl groups excluding tert-OH is 1. The first-order valence-electron chi connectivity index (χ1n) is 15.0. The minimum Gasteiger partial charge on any atom is -0.497 e. The van der Waals surface area contributed by atoms with Gasteiger partial charge in [-0.15, -0.1) is 5.10 Å². The number of nitrogens with zero attached hydrogens (tertiary/aromatic N) is 6. The second kappa shape index (κ2) is 12.5. The van der Waals surface area contributed by atoms with Gasteiger partial charge in [-0.25, -0.2) is 18.7 Å². The molecule has 0 bridgehead atoms. The highest BCUT2D eigenvalue weighted by atomic mass is 19.1. The molecular formula is C33H35F2N7O4. The van der Waals surface area contributed by atoms with E-state index in [1.807, 2.05) is 19.9 Å². The van der Waals surface area contributed by atoms with Crippen LogP contribution in [0.2, 0.25) is 0 Å². The number of fused-ring (bicyclic) bond motifs is 3. The van der Waals surface area contributed by atoms with E-state index in [-0.39, 0.29) is 46.9 Å². The van der Waals surface area contributed by atoms with Crippen LogP contribution >= 0.6 is 0 Å². The standard InChI is InChI=1S/C33H35F2N7O4/c1-17-10-27(36-15-25(17)19(3)43)32(44)41-16-21(7-6-18(41)2)30-39-31-24-11-22(34)12-26(35)29(24)38-33(42(31)40-30)37-14-20-8-9-23(45-4)13-28(20)46-5/h8-13,15,18-19,21,43H,6-7,14,16H2,1-5H3,(H,37,38)/t18-,19?,21+/m0/s1. The van der Waals surface area contributed by atoms with Crippen LogP contribution in [0, 0.1) is 18.6 Å². The first-order chi connectivity index (χ1) is 22.1. The molecule has 2 N–H and O–H groups in total. The summed E-state index contributed by atoms with van der Waals surface area (Å²) >= 11 is 0. The van der Waals surface area contributed by atoms with Gasteiger partial charge in [-0.3, -0.25) is 9.78 Å². The molecule has 46 heavy (non-hydrogen) atoms. The van der Waals surface area contributed by atoms with E-state index in [0.717, 1.165) is 17.2 Å². The number of amides is 1. The molecule has 5 aromatic rings. The van der Waals surface area contributed by atoms with Crippen LogP contribution in [-0.4, -0.2) is 67.3 Å². The van der Waals surface area contributed by atoms with Crippen molar-refractivity contribution >= 4 is 28.4 Å². The van der Waals surface area contributed by atoms with Crippen molar-refractivity contribution in [3.05, 3.63) is 82.4 Å². The van der Waals surface area contributed by atoms with Crippen LogP contribution in [0.4, 0.5) is 14.7 Å². The third-order valence-electron chi connectivity index (χ3n) is 8.57. The highest BCUT2D eigenvalue weighted by Gasteiger charge is 2.33. The Morgan fingerprint density at radius 2 is 1.93 bits per heavy atom. The van der Waals surface area contributed by atoms with Crippen molar-refractivity contribution in [1.82, 2.24) is 29.5 Å². The SMILES string of the molecule is COc1ccc(CNc2nc3c(F)cc(F)cc3c3nc([C@@H]4CC[C@H](C)N(C(=O)c5cc(C)c(C(C)O)cn5)C4)nn23)c(OC)c1. The van der Waals surface area contributed by atoms with Gasteiger partial charge in [-0.1, -0.05) is 0 Å². The second-order valence-corrected chi connectivity index (χ2v) is 11.6. The van der Waals surface area contributed by atoms with Crippen molar-refractivity contribution in [2.24, 2.45) is 0 Å². The molecule has 4 heterocycles. The summed E-state index contributed by atoms with van der Waals surface area (Å²) in [6.45, 7) is 6.06. The zero-order chi connectivity index (χ0) is 32.7. The number of ether oxygens (including phenoxy) is 2. The van der Waals surface area contributed by atoms with E-state index in [1.165, 1.54) is 16.8 Å². The maximum atomic E-state index is 15.0. The van der Waals surface area contributed by atoms with Gasteiger partial charge in [0.1, 0.15) is 28.5 Å². The average molecular weight is 632 g/mol. The summed E-state index contributed by atoms with van der Waals surface area (Å²) in [6, 6.07) is 9.02. The maximum Gasteiger partial charge on any atom is 0.272 e. The highest BCUT2D eigenvalue weighted by molar-refractivity contribution is 5.93. The molecule has 3 atom stereocenters. The molecule has 1 aliphatic rings. The van der Waals surface area contributed by atoms with Gasteiger partial charge in [0.25, 0.3) is 5.91 Å². The number of aliphatic hydroxyl groups is 1. The lowest BCUT2D eigenvalue weighted by Gasteiger charge is -2.37. The molecule has 13 heteroatoms. The van der Waals surface area contributed by atoms with Crippen molar-refractivity contribution in [3.8, 4) is 11.5 Å². The topological polar surface area (TPSA) is 127 Å². The van der Waals surface area contributed by atoms with Crippen molar-refractivity contribution in [1.29, 1.82) is 0 Å². The molecule has 1 unspecified atom stereocenters. The third-order valence-corrected chi connectivity index (χ3v) is 8.57. The van der Waals surface area contributed by atoms with Crippen LogP contribution in [0.15, 0.2) is 42.6 Å². The Bertz CT molecular complexity index is 1950. The number of rotatable bonds is 8. The Balaban J connectivity index is 1.35. The number of aryl methyl sites for hydroxylation is 1. The monoisotopic (exact) mass is 631 g/mol. The van der Waals surface area contributed by atoms with Gasteiger partial charge in [-0.05, 0) is 63.4 Å². The number of anilines is 1. The maximum absolute atomic E-state index is 15.0. The fourth-order valence-corrected chi connectivity index (χ4v) is 5.98. The van der Waals surface area contributed by atoms with Gasteiger partial charge >= 0.3 is 0 Å². The summed E-state index contributed by atoms with van der Waals surface area (Å²) in [7, 11) is 3.12. The first-order valence-corrected chi connectivity index (χ1v) is 15.0. The Labute approximate surface area is 264 Å². The van der Waals surface area contributed by atoms with Crippen LogP contribution in [-0.2, 0) is 6.54 Å². The molecule has 0 radical (unpaired) electrons. The summed E-state index contributed by atoms with van der Waals surface area (Å²) in [6.07, 6.45) is 2.24. The van der Waals surface area contributed by atoms with Crippen molar-refractivity contribution in [2.45, 2.75) is 58.2 Å². The fraction of sp³-hybridized carbons (Fsp3) is 0.364. The minimum atomic E-state index is -0.820. The molecule has 1 amide bonds. The van der Waals surface area contributed by atoms with Gasteiger partial charge in [-0.2, -0.15) is 4.52 Å². The zero-order valence-corrected chi connectivity index (χ0v) is 26.2. The van der Waals surface area contributed by atoms with E-state index in [4.69, 9.17) is 19.6 Å². The normalized spacial score (nSPS) is 17.3. The number of pyridine rings is 1. The van der Waals surface area contributed by atoms with Crippen molar-refractivity contribution in [3.63, 3.8) is 0 Å². The van der Waals surface area contributed by atoms with Crippen LogP contribution in [0.5, 0.6) is 11.5 Å². The highest BCUT2D eigenvalue weighted by Crippen LogP contribution is 2.33. The Kier molecular flexibility index (Phi) is 8.43. The number of piperidine rings is 1. The quantitative estimate of drug-likeness (QED) is 0.233. The number of methoxy groups -OCH3 is 2. The van der Waals surface area contributed by atoms with Gasteiger partial charge in [0.2, 0.25) is 5.95 Å². The number of benzene rings is 2. The number of aromatic nitrogens is 5. The smallest absolute Gasteiger partial charge is 0.272 e. The molecule has 0 saturated carbocycles. The van der Waals surface area contributed by atoms with E-state index in [2.05, 4.69) is 15.3 Å². The summed E-state index contributed by atoms with van der Waals surface area (Å²) in [5.41, 5.74) is 2.72. The molecule has 6 rings (SSSR count). The van der Waals surface area contributed by atoms with Crippen LogP contribution in [0.1, 0.15) is 71.7 Å². The summed E-state index contributed by atoms with van der Waals surface area (Å²) in [4.78, 5) is 29.0. The van der Waals surface area contributed by atoms with E-state index in [1.54, 1.807) is 44.2 Å². The van der Waals surface area contributed by atoms with Crippen LogP contribution in [0.25, 0.3) is 16.6 Å². The Morgan fingerprint density at radius 1 is 1.13 bits per heavy atom. The molecule has 0 spiro atoms. The van der Waals surface area contributed by atoms with Gasteiger partial charge in [0, 0.05) is 54.5 Å². The fourth-order valence-electron chi connectivity index (χ4n) is 5.98. The Morgan fingerprint density at radius 3 is 2.65 bits per heavy atom. The predicted molar refractivity (Wildman–Crippen MR) is 167 cm³/mol. The molecule has 0 aliphatic carbocycles. The van der Waals surface area contributed by atoms with Crippen LogP contribution < -0.4 is 14.8 Å². The number of nitrogens with one attached hydrogen (secondary N) is 1. The second-order valence-electron chi connectivity index (χ2n) is 11.6. The molecule has 1 aliphatic heterocycles. The summed E-state index contributed by atoms with van der Waals surface area (Å²) in [5.74, 6) is -0.193. The van der Waals surface area contributed by atoms with Crippen molar-refractivity contribution in [2.75, 3.05) is 26.1 Å². The zero-order valence-electron chi connectivity index (χ0n) is 26.2. The first kappa shape index (κ1) is 31.1. The number of likely N-dealkylation sites (tertiary alicyclic amines) is 1. The number of carbonyl (C=O) groups excluding carboxylic acids is 1. The molecule has 1 fully saturated rings. The summed E-state index contributed by atoms with van der Waals surface area (Å²) < 4.78 is 41.7. The molecule has 11 nitrogen and oxygen atoms in total. The average Bonchev–Trinajstić information content (AvgIpc) is 3.49. The summed E-state index contributed by atoms with van der Waals surface area (Å²) in [5, 5.41) is 18.1. The van der Waals surface area contributed by atoms with Crippen molar-refractivity contribution < 1.29 is 28.2 Å². The predicted octanol–water partition coefficient (Wildman–Crippen LogP) is 5.35. The minimum absolute atomic E-state index is 0.0480. The Hall–Kier alpha value is -4.91. The van der Waals surface area contributed by atoms with E-state index < -0.39 is 17.7 Å². The number of carbonyl (C=O) groups is 1. The largest absolute Gasteiger partial charge is 0.497 e. The van der Waals surface area contributed by atoms with Crippen LogP contribution in [0.3, 0.4) is 0 Å². The lowest BCUT2D eigenvalue weighted by Crippen LogP contribution is -2.45. The molecule has 240 valence electrons. The van der Waals surface area contributed by atoms with E-state index in [0.29, 0.717) is 48.0 Å². The molecule has 1 saturated heterocycles. The molecule has 3 aromatic heterocycles. The lowest BCUT2D eigenvalue weighted by molar-refractivity contribution is 0.0599. The number of halogens is 2. The molecular weight excluding hydrogens is 596 g/mol. The van der Waals surface area contributed by atoms with E-state index in [9.17, 15) is 14.3 Å².